The molecule has 0 radical (unpaired) electrons. The molecule has 0 aliphatic heterocycles. The largest absolute Gasteiger partial charge is 0.497 e. The van der Waals surface area contributed by atoms with Crippen molar-refractivity contribution in [2.45, 2.75) is 25.9 Å². The number of ketones is 1. The van der Waals surface area contributed by atoms with Gasteiger partial charge < -0.3 is 14.2 Å². The smallest absolute Gasteiger partial charge is 0.316 e. The molecule has 0 spiro atoms. The van der Waals surface area contributed by atoms with Crippen molar-refractivity contribution in [2.75, 3.05) is 20.8 Å². The van der Waals surface area contributed by atoms with Crippen molar-refractivity contribution in [2.24, 2.45) is 0 Å². The maximum absolute atomic E-state index is 13.2. The first-order chi connectivity index (χ1) is 15.3. The van der Waals surface area contributed by atoms with E-state index in [1.54, 1.807) is 63.4 Å². The van der Waals surface area contributed by atoms with Crippen molar-refractivity contribution >= 4 is 34.7 Å². The Morgan fingerprint density at radius 3 is 2.22 bits per heavy atom. The number of hydrogen-bond acceptors (Lipinski definition) is 6. The van der Waals surface area contributed by atoms with E-state index in [2.05, 4.69) is 0 Å². The normalized spacial score (nSPS) is 11.9. The molecule has 0 saturated carbocycles. The van der Waals surface area contributed by atoms with E-state index in [0.717, 1.165) is 10.4 Å². The van der Waals surface area contributed by atoms with E-state index < -0.39 is 11.9 Å². The summed E-state index contributed by atoms with van der Waals surface area (Å²) in [6.45, 7) is 3.74. The molecule has 0 N–H and O–H groups in total. The van der Waals surface area contributed by atoms with Crippen molar-refractivity contribution in [1.29, 1.82) is 0 Å². The summed E-state index contributed by atoms with van der Waals surface area (Å²) >= 11 is 7.40. The Balaban J connectivity index is 2.08. The van der Waals surface area contributed by atoms with E-state index in [4.69, 9.17) is 25.8 Å². The molecule has 1 atom stereocenters. The molecule has 7 heteroatoms. The van der Waals surface area contributed by atoms with Gasteiger partial charge in [0.25, 0.3) is 0 Å². The van der Waals surface area contributed by atoms with E-state index >= 15 is 0 Å². The summed E-state index contributed by atoms with van der Waals surface area (Å²) in [5.74, 6) is -0.514. The molecule has 1 aromatic heterocycles. The Hall–Kier alpha value is -2.67. The van der Waals surface area contributed by atoms with Crippen LogP contribution in [0.2, 0.25) is 5.02 Å². The van der Waals surface area contributed by atoms with Crippen LogP contribution in [0.25, 0.3) is 10.4 Å². The maximum atomic E-state index is 13.2. The Morgan fingerprint density at radius 1 is 1.00 bits per heavy atom. The molecule has 168 valence electrons. The summed E-state index contributed by atoms with van der Waals surface area (Å²) in [6.07, 6.45) is -0.264. The van der Waals surface area contributed by atoms with Crippen LogP contribution in [0.15, 0.2) is 54.6 Å². The summed E-state index contributed by atoms with van der Waals surface area (Å²) in [4.78, 5) is 27.4. The number of halogens is 1. The predicted molar refractivity (Wildman–Crippen MR) is 127 cm³/mol. The lowest BCUT2D eigenvalue weighted by atomic mass is 9.96. The molecule has 0 saturated heterocycles. The average Bonchev–Trinajstić information content (AvgIpc) is 3.22. The summed E-state index contributed by atoms with van der Waals surface area (Å²) < 4.78 is 16.0. The van der Waals surface area contributed by atoms with E-state index in [-0.39, 0.29) is 18.5 Å². The number of thiophene rings is 1. The first-order valence-corrected chi connectivity index (χ1v) is 11.3. The fourth-order valence-corrected chi connectivity index (χ4v) is 4.57. The highest BCUT2D eigenvalue weighted by Gasteiger charge is 2.29. The van der Waals surface area contributed by atoms with Crippen molar-refractivity contribution in [3.8, 4) is 16.2 Å². The quantitative estimate of drug-likeness (QED) is 0.283. The monoisotopic (exact) mass is 472 g/mol. The van der Waals surface area contributed by atoms with Crippen LogP contribution < -0.4 is 4.74 Å². The second-order valence-electron chi connectivity index (χ2n) is 7.45. The van der Waals surface area contributed by atoms with Gasteiger partial charge >= 0.3 is 5.97 Å². The Labute approximate surface area is 196 Å². The standard InChI is InChI=1S/C25H25ClO5S/c1-15(2)31-25(28)21(14-29-3)20-13-22(23(27)16-7-11-19(30-4)12-8-16)32-24(20)17-5-9-18(26)10-6-17/h5-13,15,21H,14H2,1-4H3. The summed E-state index contributed by atoms with van der Waals surface area (Å²) in [5.41, 5.74) is 2.10. The maximum Gasteiger partial charge on any atom is 0.316 e. The van der Waals surface area contributed by atoms with Gasteiger partial charge in [0.05, 0.1) is 24.7 Å². The predicted octanol–water partition coefficient (Wildman–Crippen LogP) is 5.99. The number of methoxy groups -OCH3 is 2. The average molecular weight is 473 g/mol. The number of ether oxygens (including phenoxy) is 3. The molecule has 0 amide bonds. The van der Waals surface area contributed by atoms with E-state index in [1.165, 1.54) is 18.4 Å². The number of hydrogen-bond donors (Lipinski definition) is 0. The third-order valence-electron chi connectivity index (χ3n) is 4.79. The van der Waals surface area contributed by atoms with Gasteiger partial charge in [0.2, 0.25) is 5.78 Å². The lowest BCUT2D eigenvalue weighted by Gasteiger charge is -2.18. The zero-order valence-electron chi connectivity index (χ0n) is 18.4. The molecule has 3 rings (SSSR count). The fraction of sp³-hybridized carbons (Fsp3) is 0.280. The lowest BCUT2D eigenvalue weighted by molar-refractivity contribution is -0.150. The van der Waals surface area contributed by atoms with Gasteiger partial charge in [-0.05, 0) is 67.4 Å². The van der Waals surface area contributed by atoms with E-state index in [0.29, 0.717) is 26.8 Å². The molecule has 0 bridgehead atoms. The van der Waals surface area contributed by atoms with Crippen LogP contribution in [0.4, 0.5) is 0 Å². The number of carbonyl (C=O) groups is 2. The second kappa shape index (κ2) is 10.8. The Morgan fingerprint density at radius 2 is 1.66 bits per heavy atom. The molecule has 0 fully saturated rings. The molecule has 0 aliphatic rings. The molecule has 1 unspecified atom stereocenters. The van der Waals surface area contributed by atoms with Gasteiger partial charge in [0.1, 0.15) is 11.7 Å². The number of esters is 1. The first kappa shape index (κ1) is 24.0. The minimum atomic E-state index is -0.665. The molecule has 2 aromatic carbocycles. The highest BCUT2D eigenvalue weighted by atomic mass is 35.5. The van der Waals surface area contributed by atoms with Crippen molar-refractivity contribution in [3.05, 3.63) is 75.6 Å². The van der Waals surface area contributed by atoms with Gasteiger partial charge in [0, 0.05) is 22.6 Å². The number of benzene rings is 2. The van der Waals surface area contributed by atoms with Crippen LogP contribution in [-0.2, 0) is 14.3 Å². The third kappa shape index (κ3) is 5.57. The molecular weight excluding hydrogens is 448 g/mol. The minimum Gasteiger partial charge on any atom is -0.497 e. The molecule has 32 heavy (non-hydrogen) atoms. The van der Waals surface area contributed by atoms with Gasteiger partial charge in [-0.3, -0.25) is 9.59 Å². The SMILES string of the molecule is COCC(C(=O)OC(C)C)c1cc(C(=O)c2ccc(OC)cc2)sc1-c1ccc(Cl)cc1. The molecule has 3 aromatic rings. The van der Waals surface area contributed by atoms with Crippen LogP contribution in [0.3, 0.4) is 0 Å². The van der Waals surface area contributed by atoms with Crippen LogP contribution in [0, 0.1) is 0 Å². The van der Waals surface area contributed by atoms with Crippen LogP contribution in [0.5, 0.6) is 5.75 Å². The van der Waals surface area contributed by atoms with Gasteiger partial charge in [-0.15, -0.1) is 11.3 Å². The van der Waals surface area contributed by atoms with Crippen LogP contribution in [0.1, 0.15) is 40.6 Å². The molecule has 1 heterocycles. The minimum absolute atomic E-state index is 0.132. The van der Waals surface area contributed by atoms with Gasteiger partial charge in [-0.25, -0.2) is 0 Å². The van der Waals surface area contributed by atoms with Gasteiger partial charge in [-0.1, -0.05) is 23.7 Å². The summed E-state index contributed by atoms with van der Waals surface area (Å²) in [5, 5.41) is 0.606. The zero-order chi connectivity index (χ0) is 23.3. The molecule has 5 nitrogen and oxygen atoms in total. The Bertz CT molecular complexity index is 1070. The van der Waals surface area contributed by atoms with Crippen molar-refractivity contribution < 1.29 is 23.8 Å². The molecular formula is C25H25ClO5S. The summed E-state index contributed by atoms with van der Waals surface area (Å²) in [6, 6.07) is 16.0. The number of carbonyl (C=O) groups excluding carboxylic acids is 2. The first-order valence-electron chi connectivity index (χ1n) is 10.1. The van der Waals surface area contributed by atoms with Gasteiger partial charge in [0.15, 0.2) is 0 Å². The third-order valence-corrected chi connectivity index (χ3v) is 6.24. The highest BCUT2D eigenvalue weighted by Crippen LogP contribution is 2.39. The summed E-state index contributed by atoms with van der Waals surface area (Å²) in [7, 11) is 3.11. The zero-order valence-corrected chi connectivity index (χ0v) is 20.0. The second-order valence-corrected chi connectivity index (χ2v) is 8.94. The fourth-order valence-electron chi connectivity index (χ4n) is 3.25. The Kier molecular flexibility index (Phi) is 8.07. The lowest BCUT2D eigenvalue weighted by Crippen LogP contribution is -2.23. The van der Waals surface area contributed by atoms with E-state index in [9.17, 15) is 9.59 Å². The van der Waals surface area contributed by atoms with Crippen molar-refractivity contribution in [1.82, 2.24) is 0 Å². The van der Waals surface area contributed by atoms with E-state index in [1.807, 2.05) is 12.1 Å². The topological polar surface area (TPSA) is 61.8 Å². The highest BCUT2D eigenvalue weighted by molar-refractivity contribution is 7.17. The van der Waals surface area contributed by atoms with Crippen LogP contribution >= 0.6 is 22.9 Å². The number of rotatable bonds is 9. The van der Waals surface area contributed by atoms with Crippen molar-refractivity contribution in [3.63, 3.8) is 0 Å². The van der Waals surface area contributed by atoms with Crippen LogP contribution in [-0.4, -0.2) is 38.7 Å². The van der Waals surface area contributed by atoms with Gasteiger partial charge in [-0.2, -0.15) is 0 Å². The molecule has 0 aliphatic carbocycles.